The highest BCUT2D eigenvalue weighted by Gasteiger charge is 2.52. The van der Waals surface area contributed by atoms with Crippen LogP contribution in [-0.4, -0.2) is 34.2 Å². The molecule has 0 aromatic carbocycles. The molecule has 7 heteroatoms. The Morgan fingerprint density at radius 3 is 2.26 bits per heavy atom. The molecule has 108 valence electrons. The van der Waals surface area contributed by atoms with Gasteiger partial charge in [-0.2, -0.15) is 0 Å². The minimum absolute atomic E-state index is 0.108. The third kappa shape index (κ3) is 4.11. The van der Waals surface area contributed by atoms with Gasteiger partial charge >= 0.3 is 12.1 Å². The van der Waals surface area contributed by atoms with Crippen molar-refractivity contribution in [3.63, 3.8) is 0 Å². The zero-order valence-corrected chi connectivity index (χ0v) is 11.4. The highest BCUT2D eigenvalue weighted by Crippen LogP contribution is 2.40. The molecular weight excluding hydrogens is 252 g/mol. The molecule has 0 radical (unpaired) electrons. The molecule has 0 unspecified atom stereocenters. The third-order valence-electron chi connectivity index (χ3n) is 2.91. The number of nitrogens with one attached hydrogen (secondary N) is 1. The molecule has 1 rings (SSSR count). The summed E-state index contributed by atoms with van der Waals surface area (Å²) >= 11 is 0. The van der Waals surface area contributed by atoms with Crippen molar-refractivity contribution in [1.29, 1.82) is 0 Å². The van der Waals surface area contributed by atoms with Gasteiger partial charge in [-0.15, -0.1) is 0 Å². The lowest BCUT2D eigenvalue weighted by Crippen LogP contribution is -2.63. The maximum Gasteiger partial charge on any atom is 0.408 e. The summed E-state index contributed by atoms with van der Waals surface area (Å²) in [6.45, 7) is 5.07. The minimum Gasteiger partial charge on any atom is -0.480 e. The van der Waals surface area contributed by atoms with Crippen molar-refractivity contribution >= 4 is 18.0 Å². The molecular formula is C12H20N2O5. The number of carboxylic acid groups (broad SMARTS) is 1. The van der Waals surface area contributed by atoms with E-state index in [1.807, 2.05) is 0 Å². The number of rotatable bonds is 4. The fourth-order valence-electron chi connectivity index (χ4n) is 2.18. The van der Waals surface area contributed by atoms with Gasteiger partial charge in [0.2, 0.25) is 5.91 Å². The molecule has 7 nitrogen and oxygen atoms in total. The van der Waals surface area contributed by atoms with Crippen LogP contribution in [0.4, 0.5) is 4.79 Å². The minimum atomic E-state index is -1.34. The molecule has 1 aliphatic carbocycles. The third-order valence-corrected chi connectivity index (χ3v) is 2.91. The van der Waals surface area contributed by atoms with Crippen molar-refractivity contribution in [3.8, 4) is 0 Å². The lowest BCUT2D eigenvalue weighted by molar-refractivity contribution is -0.152. The molecule has 0 bridgehead atoms. The molecule has 0 aliphatic heterocycles. The summed E-state index contributed by atoms with van der Waals surface area (Å²) in [6, 6.07) is 0. The first kappa shape index (κ1) is 15.3. The summed E-state index contributed by atoms with van der Waals surface area (Å²) in [5.74, 6) is -1.70. The Hall–Kier alpha value is -1.79. The van der Waals surface area contributed by atoms with E-state index in [0.717, 1.165) is 0 Å². The number of amides is 2. The highest BCUT2D eigenvalue weighted by atomic mass is 16.6. The van der Waals surface area contributed by atoms with E-state index in [-0.39, 0.29) is 25.2 Å². The Labute approximate surface area is 111 Å². The summed E-state index contributed by atoms with van der Waals surface area (Å²) in [6.07, 6.45) is -0.271. The molecule has 19 heavy (non-hydrogen) atoms. The van der Waals surface area contributed by atoms with E-state index in [4.69, 9.17) is 10.5 Å². The zero-order chi connectivity index (χ0) is 14.8. The number of hydrogen-bond donors (Lipinski definition) is 3. The number of nitrogens with two attached hydrogens (primary N) is 1. The van der Waals surface area contributed by atoms with E-state index in [9.17, 15) is 19.5 Å². The monoisotopic (exact) mass is 272 g/mol. The summed E-state index contributed by atoms with van der Waals surface area (Å²) in [5, 5.41) is 11.6. The van der Waals surface area contributed by atoms with E-state index < -0.39 is 29.1 Å². The normalized spacial score (nSPS) is 26.2. The fourth-order valence-corrected chi connectivity index (χ4v) is 2.18. The molecule has 1 saturated carbocycles. The summed E-state index contributed by atoms with van der Waals surface area (Å²) in [7, 11) is 0. The van der Waals surface area contributed by atoms with Gasteiger partial charge in [0, 0.05) is 6.42 Å². The standard InChI is InChI=1S/C12H20N2O5/c1-11(2,3)19-10(18)14-12(9(16)17)5-7(6-12)4-8(13)15/h7H,4-6H2,1-3H3,(H2,13,15)(H,14,18)(H,16,17). The number of carbonyl (C=O) groups is 3. The predicted molar refractivity (Wildman–Crippen MR) is 66.3 cm³/mol. The molecule has 0 heterocycles. The van der Waals surface area contributed by atoms with Gasteiger partial charge in [0.1, 0.15) is 11.1 Å². The van der Waals surface area contributed by atoms with E-state index >= 15 is 0 Å². The summed E-state index contributed by atoms with van der Waals surface area (Å²) in [4.78, 5) is 33.6. The molecule has 0 spiro atoms. The molecule has 0 saturated heterocycles. The summed E-state index contributed by atoms with van der Waals surface area (Å²) < 4.78 is 5.03. The zero-order valence-electron chi connectivity index (χ0n) is 11.4. The van der Waals surface area contributed by atoms with Crippen molar-refractivity contribution < 1.29 is 24.2 Å². The predicted octanol–water partition coefficient (Wildman–Crippen LogP) is 0.620. The second kappa shape index (κ2) is 5.07. The molecule has 0 atom stereocenters. The van der Waals surface area contributed by atoms with Gasteiger partial charge in [0.15, 0.2) is 0 Å². The number of carbonyl (C=O) groups excluding carboxylic acids is 2. The topological polar surface area (TPSA) is 119 Å². The van der Waals surface area contributed by atoms with Gasteiger partial charge in [-0.3, -0.25) is 4.79 Å². The lowest BCUT2D eigenvalue weighted by atomic mass is 9.67. The van der Waals surface area contributed by atoms with Crippen molar-refractivity contribution in [2.24, 2.45) is 11.7 Å². The van der Waals surface area contributed by atoms with Crippen LogP contribution >= 0.6 is 0 Å². The van der Waals surface area contributed by atoms with Crippen LogP contribution in [0.1, 0.15) is 40.0 Å². The lowest BCUT2D eigenvalue weighted by Gasteiger charge is -2.44. The number of aliphatic carboxylic acids is 1. The van der Waals surface area contributed by atoms with Crippen LogP contribution in [0.5, 0.6) is 0 Å². The van der Waals surface area contributed by atoms with Gasteiger partial charge in [-0.05, 0) is 39.5 Å². The average molecular weight is 272 g/mol. The number of alkyl carbamates (subject to hydrolysis) is 1. The SMILES string of the molecule is CC(C)(C)OC(=O)NC1(C(=O)O)CC(CC(N)=O)C1. The Kier molecular flexibility index (Phi) is 4.07. The summed E-state index contributed by atoms with van der Waals surface area (Å²) in [5.41, 5.74) is 3.01. The van der Waals surface area contributed by atoms with Crippen molar-refractivity contribution in [2.45, 2.75) is 51.2 Å². The van der Waals surface area contributed by atoms with Gasteiger partial charge in [-0.25, -0.2) is 9.59 Å². The van der Waals surface area contributed by atoms with E-state index in [0.29, 0.717) is 0 Å². The molecule has 1 aliphatic rings. The number of ether oxygens (including phenoxy) is 1. The Morgan fingerprint density at radius 1 is 1.37 bits per heavy atom. The first-order valence-corrected chi connectivity index (χ1v) is 6.07. The van der Waals surface area contributed by atoms with Crippen LogP contribution in [0.25, 0.3) is 0 Å². The maximum atomic E-state index is 11.6. The van der Waals surface area contributed by atoms with Crippen LogP contribution in [0.15, 0.2) is 0 Å². The van der Waals surface area contributed by atoms with E-state index in [1.165, 1.54) is 0 Å². The largest absolute Gasteiger partial charge is 0.480 e. The quantitative estimate of drug-likeness (QED) is 0.693. The average Bonchev–Trinajstić information content (AvgIpc) is 2.09. The van der Waals surface area contributed by atoms with E-state index in [2.05, 4.69) is 5.32 Å². The molecule has 2 amide bonds. The van der Waals surface area contributed by atoms with Gasteiger partial charge in [0.05, 0.1) is 0 Å². The first-order valence-electron chi connectivity index (χ1n) is 6.07. The molecule has 0 aromatic heterocycles. The second-order valence-electron chi connectivity index (χ2n) is 5.96. The molecule has 1 fully saturated rings. The van der Waals surface area contributed by atoms with Crippen molar-refractivity contribution in [1.82, 2.24) is 5.32 Å². The molecule has 0 aromatic rings. The number of primary amides is 1. The van der Waals surface area contributed by atoms with Crippen molar-refractivity contribution in [3.05, 3.63) is 0 Å². The Balaban J connectivity index is 2.59. The fraction of sp³-hybridized carbons (Fsp3) is 0.750. The van der Waals surface area contributed by atoms with Crippen molar-refractivity contribution in [2.75, 3.05) is 0 Å². The van der Waals surface area contributed by atoms with E-state index in [1.54, 1.807) is 20.8 Å². The van der Waals surface area contributed by atoms with Gasteiger partial charge in [-0.1, -0.05) is 0 Å². The smallest absolute Gasteiger partial charge is 0.408 e. The van der Waals surface area contributed by atoms with Gasteiger partial charge in [0.25, 0.3) is 0 Å². The van der Waals surface area contributed by atoms with Crippen LogP contribution < -0.4 is 11.1 Å². The van der Waals surface area contributed by atoms with Gasteiger partial charge < -0.3 is 20.9 Å². The second-order valence-corrected chi connectivity index (χ2v) is 5.96. The highest BCUT2D eigenvalue weighted by molar-refractivity contribution is 5.86. The maximum absolute atomic E-state index is 11.6. The van der Waals surface area contributed by atoms with Crippen LogP contribution in [0.2, 0.25) is 0 Å². The van der Waals surface area contributed by atoms with Crippen LogP contribution in [0, 0.1) is 5.92 Å². The van der Waals surface area contributed by atoms with Crippen LogP contribution in [0.3, 0.4) is 0 Å². The first-order chi connectivity index (χ1) is 8.54. The van der Waals surface area contributed by atoms with Crippen LogP contribution in [-0.2, 0) is 14.3 Å². The Morgan fingerprint density at radius 2 is 1.89 bits per heavy atom. The Bertz CT molecular complexity index is 393. The number of hydrogen-bond acceptors (Lipinski definition) is 4. The number of carboxylic acids is 1. The molecule has 4 N–H and O–H groups in total.